The number of fused-ring (bicyclic) bond motifs is 1. The third-order valence-electron chi connectivity index (χ3n) is 3.85. The average molecular weight is 255 g/mol. The van der Waals surface area contributed by atoms with Crippen LogP contribution >= 0.6 is 0 Å². The van der Waals surface area contributed by atoms with Gasteiger partial charge in [-0.1, -0.05) is 31.2 Å². The van der Waals surface area contributed by atoms with Gasteiger partial charge in [0.1, 0.15) is 5.82 Å². The lowest BCUT2D eigenvalue weighted by Gasteiger charge is -2.20. The summed E-state index contributed by atoms with van der Waals surface area (Å²) in [7, 11) is 2.16. The summed E-state index contributed by atoms with van der Waals surface area (Å²) in [6, 6.07) is 9.29. The third kappa shape index (κ3) is 2.43. The van der Waals surface area contributed by atoms with Crippen LogP contribution in [0.25, 0.3) is 10.8 Å². The molecule has 1 N–H and O–H groups in total. The van der Waals surface area contributed by atoms with Crippen LogP contribution in [0.4, 0.5) is 5.82 Å². The minimum absolute atomic E-state index is 0.690. The second-order valence-corrected chi connectivity index (χ2v) is 5.28. The van der Waals surface area contributed by atoms with Gasteiger partial charge in [0.25, 0.3) is 0 Å². The average Bonchev–Trinajstić information content (AvgIpc) is 3.28. The molecule has 3 rings (SSSR count). The van der Waals surface area contributed by atoms with Crippen molar-refractivity contribution in [1.29, 1.82) is 0 Å². The maximum Gasteiger partial charge on any atom is 0.136 e. The summed E-state index contributed by atoms with van der Waals surface area (Å²) >= 11 is 0. The number of hydrogen-bond acceptors (Lipinski definition) is 3. The number of pyridine rings is 1. The fourth-order valence-electron chi connectivity index (χ4n) is 2.55. The highest BCUT2D eigenvalue weighted by molar-refractivity contribution is 5.94. The minimum atomic E-state index is 0.690. The topological polar surface area (TPSA) is 28.2 Å². The van der Waals surface area contributed by atoms with Gasteiger partial charge in [-0.3, -0.25) is 0 Å². The highest BCUT2D eigenvalue weighted by Crippen LogP contribution is 2.33. The lowest BCUT2D eigenvalue weighted by atomic mass is 10.1. The van der Waals surface area contributed by atoms with E-state index in [0.717, 1.165) is 18.9 Å². The van der Waals surface area contributed by atoms with Crippen molar-refractivity contribution in [2.45, 2.75) is 32.4 Å². The van der Waals surface area contributed by atoms with Gasteiger partial charge in [-0.15, -0.1) is 0 Å². The Morgan fingerprint density at radius 2 is 2.00 bits per heavy atom. The maximum absolute atomic E-state index is 4.71. The van der Waals surface area contributed by atoms with Crippen LogP contribution in [0.1, 0.15) is 25.3 Å². The van der Waals surface area contributed by atoms with Gasteiger partial charge in [0.2, 0.25) is 0 Å². The molecule has 0 spiro atoms. The van der Waals surface area contributed by atoms with Crippen LogP contribution in [0.15, 0.2) is 30.5 Å². The first kappa shape index (κ1) is 12.4. The van der Waals surface area contributed by atoms with E-state index in [4.69, 9.17) is 4.98 Å². The summed E-state index contributed by atoms with van der Waals surface area (Å²) in [5.74, 6) is 1.12. The molecule has 1 heterocycles. The van der Waals surface area contributed by atoms with E-state index < -0.39 is 0 Å². The highest BCUT2D eigenvalue weighted by atomic mass is 15.2. The Morgan fingerprint density at radius 3 is 2.68 bits per heavy atom. The van der Waals surface area contributed by atoms with Crippen molar-refractivity contribution in [3.05, 3.63) is 36.0 Å². The first-order valence-electron chi connectivity index (χ1n) is 7.11. The second kappa shape index (κ2) is 5.17. The van der Waals surface area contributed by atoms with E-state index in [0.29, 0.717) is 6.04 Å². The lowest BCUT2D eigenvalue weighted by molar-refractivity contribution is 0.728. The molecular weight excluding hydrogens is 234 g/mol. The molecule has 0 radical (unpaired) electrons. The third-order valence-corrected chi connectivity index (χ3v) is 3.85. The SMILES string of the molecule is CCNCc1cnc(N(C)C2CC2)c2ccccc12. The van der Waals surface area contributed by atoms with Crippen LogP contribution in [-0.4, -0.2) is 24.6 Å². The standard InChI is InChI=1S/C16H21N3/c1-3-17-10-12-11-18-16(19(2)13-8-9-13)15-7-5-4-6-14(12)15/h4-7,11,13,17H,3,8-10H2,1-2H3. The van der Waals surface area contributed by atoms with Crippen LogP contribution < -0.4 is 10.2 Å². The number of nitrogens with zero attached hydrogens (tertiary/aromatic N) is 2. The van der Waals surface area contributed by atoms with Gasteiger partial charge in [0, 0.05) is 31.2 Å². The van der Waals surface area contributed by atoms with Gasteiger partial charge < -0.3 is 10.2 Å². The molecule has 100 valence electrons. The van der Waals surface area contributed by atoms with Crippen molar-refractivity contribution < 1.29 is 0 Å². The Balaban J connectivity index is 2.05. The quantitative estimate of drug-likeness (QED) is 0.890. The number of hydrogen-bond donors (Lipinski definition) is 1. The molecule has 19 heavy (non-hydrogen) atoms. The van der Waals surface area contributed by atoms with Crippen molar-refractivity contribution in [3.63, 3.8) is 0 Å². The number of rotatable bonds is 5. The van der Waals surface area contributed by atoms with E-state index in [1.165, 1.54) is 29.2 Å². The van der Waals surface area contributed by atoms with Crippen molar-refractivity contribution in [1.82, 2.24) is 10.3 Å². The summed E-state index contributed by atoms with van der Waals surface area (Å²) in [5, 5.41) is 5.98. The van der Waals surface area contributed by atoms with E-state index in [-0.39, 0.29) is 0 Å². The van der Waals surface area contributed by atoms with E-state index in [1.807, 2.05) is 6.20 Å². The molecule has 0 bridgehead atoms. The summed E-state index contributed by atoms with van der Waals surface area (Å²) < 4.78 is 0. The predicted molar refractivity (Wildman–Crippen MR) is 80.5 cm³/mol. The zero-order chi connectivity index (χ0) is 13.2. The van der Waals surface area contributed by atoms with Crippen LogP contribution in [0.2, 0.25) is 0 Å². The van der Waals surface area contributed by atoms with E-state index in [9.17, 15) is 0 Å². The van der Waals surface area contributed by atoms with Crippen LogP contribution in [-0.2, 0) is 6.54 Å². The van der Waals surface area contributed by atoms with Crippen molar-refractivity contribution >= 4 is 16.6 Å². The van der Waals surface area contributed by atoms with Gasteiger partial charge in [0.15, 0.2) is 0 Å². The molecule has 0 saturated heterocycles. The summed E-state index contributed by atoms with van der Waals surface area (Å²) in [6.45, 7) is 4.00. The van der Waals surface area contributed by atoms with Gasteiger partial charge in [-0.2, -0.15) is 0 Å². The van der Waals surface area contributed by atoms with E-state index >= 15 is 0 Å². The normalized spacial score (nSPS) is 14.8. The van der Waals surface area contributed by atoms with Crippen molar-refractivity contribution in [3.8, 4) is 0 Å². The first-order valence-corrected chi connectivity index (χ1v) is 7.11. The minimum Gasteiger partial charge on any atom is -0.356 e. The fraction of sp³-hybridized carbons (Fsp3) is 0.438. The molecule has 1 aliphatic carbocycles. The van der Waals surface area contributed by atoms with Gasteiger partial charge in [0.05, 0.1) is 0 Å². The van der Waals surface area contributed by atoms with E-state index in [1.54, 1.807) is 0 Å². The molecule has 0 aliphatic heterocycles. The van der Waals surface area contributed by atoms with Crippen LogP contribution in [0.5, 0.6) is 0 Å². The molecule has 1 aromatic heterocycles. The number of anilines is 1. The Kier molecular flexibility index (Phi) is 3.38. The Morgan fingerprint density at radius 1 is 1.26 bits per heavy atom. The van der Waals surface area contributed by atoms with Gasteiger partial charge in [-0.05, 0) is 30.3 Å². The van der Waals surface area contributed by atoms with Crippen molar-refractivity contribution in [2.24, 2.45) is 0 Å². The van der Waals surface area contributed by atoms with Gasteiger partial charge in [-0.25, -0.2) is 4.98 Å². The molecular formula is C16H21N3. The second-order valence-electron chi connectivity index (χ2n) is 5.28. The van der Waals surface area contributed by atoms with Crippen LogP contribution in [0, 0.1) is 0 Å². The van der Waals surface area contributed by atoms with Crippen LogP contribution in [0.3, 0.4) is 0 Å². The highest BCUT2D eigenvalue weighted by Gasteiger charge is 2.28. The monoisotopic (exact) mass is 255 g/mol. The molecule has 0 atom stereocenters. The molecule has 1 aliphatic rings. The Labute approximate surface area is 114 Å². The predicted octanol–water partition coefficient (Wildman–Crippen LogP) is 2.94. The smallest absolute Gasteiger partial charge is 0.136 e. The zero-order valence-electron chi connectivity index (χ0n) is 11.7. The molecule has 0 unspecified atom stereocenters. The molecule has 1 aromatic carbocycles. The maximum atomic E-state index is 4.71. The molecule has 0 amide bonds. The molecule has 3 nitrogen and oxygen atoms in total. The van der Waals surface area contributed by atoms with Gasteiger partial charge >= 0.3 is 0 Å². The summed E-state index contributed by atoms with van der Waals surface area (Å²) in [5.41, 5.74) is 1.28. The zero-order valence-corrected chi connectivity index (χ0v) is 11.7. The number of nitrogens with one attached hydrogen (secondary N) is 1. The molecule has 2 aromatic rings. The number of aromatic nitrogens is 1. The lowest BCUT2D eigenvalue weighted by Crippen LogP contribution is -2.21. The largest absolute Gasteiger partial charge is 0.356 e. The Hall–Kier alpha value is -1.61. The molecule has 3 heteroatoms. The first-order chi connectivity index (χ1) is 9.31. The molecule has 1 fully saturated rings. The summed E-state index contributed by atoms with van der Waals surface area (Å²) in [4.78, 5) is 7.04. The summed E-state index contributed by atoms with van der Waals surface area (Å²) in [6.07, 6.45) is 4.62. The van der Waals surface area contributed by atoms with Crippen molar-refractivity contribution in [2.75, 3.05) is 18.5 Å². The Bertz CT molecular complexity index is 575. The molecule has 1 saturated carbocycles. The van der Waals surface area contributed by atoms with E-state index in [2.05, 4.69) is 48.5 Å². The fourth-order valence-corrected chi connectivity index (χ4v) is 2.55. The number of benzene rings is 1.